The Morgan fingerprint density at radius 2 is 2.04 bits per heavy atom. The van der Waals surface area contributed by atoms with Crippen LogP contribution in [-0.4, -0.2) is 30.6 Å². The largest absolute Gasteiger partial charge is 0.507 e. The third-order valence-corrected chi connectivity index (χ3v) is 3.71. The summed E-state index contributed by atoms with van der Waals surface area (Å²) >= 11 is 5.84. The quantitative estimate of drug-likeness (QED) is 0.716. The van der Waals surface area contributed by atoms with Gasteiger partial charge in [-0.25, -0.2) is 0 Å². The second kappa shape index (κ2) is 8.74. The number of hydrogen-bond acceptors (Lipinski definition) is 5. The van der Waals surface area contributed by atoms with Crippen molar-refractivity contribution in [2.24, 2.45) is 0 Å². The molecular formula is C18H16ClN3O4. The third kappa shape index (κ3) is 4.88. The minimum Gasteiger partial charge on any atom is -0.507 e. The van der Waals surface area contributed by atoms with Crippen molar-refractivity contribution in [3.8, 4) is 17.6 Å². The molecule has 8 heteroatoms. The molecule has 0 unspecified atom stereocenters. The smallest absolute Gasteiger partial charge is 0.257 e. The Morgan fingerprint density at radius 1 is 1.27 bits per heavy atom. The number of nitrogens with one attached hydrogen (secondary N) is 2. The van der Waals surface area contributed by atoms with Crippen LogP contribution in [0.15, 0.2) is 36.4 Å². The highest BCUT2D eigenvalue weighted by Gasteiger charge is 2.13. The van der Waals surface area contributed by atoms with Crippen molar-refractivity contribution in [2.75, 3.05) is 13.7 Å². The molecule has 7 nitrogen and oxygen atoms in total. The van der Waals surface area contributed by atoms with Crippen molar-refractivity contribution < 1.29 is 19.4 Å². The van der Waals surface area contributed by atoms with Crippen LogP contribution in [0.25, 0.3) is 0 Å². The summed E-state index contributed by atoms with van der Waals surface area (Å²) in [4.78, 5) is 23.6. The molecule has 0 radical (unpaired) electrons. The number of phenols is 1. The van der Waals surface area contributed by atoms with E-state index in [-0.39, 0.29) is 30.4 Å². The summed E-state index contributed by atoms with van der Waals surface area (Å²) in [6.45, 7) is -0.152. The van der Waals surface area contributed by atoms with Crippen LogP contribution in [0.2, 0.25) is 5.02 Å². The van der Waals surface area contributed by atoms with Crippen LogP contribution < -0.4 is 15.4 Å². The van der Waals surface area contributed by atoms with E-state index in [0.29, 0.717) is 21.9 Å². The Morgan fingerprint density at radius 3 is 2.73 bits per heavy atom. The van der Waals surface area contributed by atoms with Gasteiger partial charge in [-0.05, 0) is 30.3 Å². The minimum atomic E-state index is -0.522. The van der Waals surface area contributed by atoms with Crippen molar-refractivity contribution in [2.45, 2.75) is 6.54 Å². The average Bonchev–Trinajstić information content (AvgIpc) is 2.66. The van der Waals surface area contributed by atoms with Gasteiger partial charge in [-0.2, -0.15) is 5.26 Å². The summed E-state index contributed by atoms with van der Waals surface area (Å²) in [5.74, 6) is -0.733. The maximum Gasteiger partial charge on any atom is 0.257 e. The molecular weight excluding hydrogens is 358 g/mol. The van der Waals surface area contributed by atoms with Crippen LogP contribution in [0.3, 0.4) is 0 Å². The highest BCUT2D eigenvalue weighted by Crippen LogP contribution is 2.23. The molecule has 2 aromatic carbocycles. The molecule has 0 atom stereocenters. The number of likely N-dealkylation sites (N-methyl/N-ethyl adjacent to an activating group) is 1. The first-order valence-corrected chi connectivity index (χ1v) is 7.95. The first-order chi connectivity index (χ1) is 12.4. The molecule has 2 amide bonds. The Hall–Kier alpha value is -3.24. The SMILES string of the molecule is CNC(=O)COc1cc(C#N)ccc1CNC(=O)c1cc(Cl)ccc1O. The first-order valence-electron chi connectivity index (χ1n) is 7.57. The molecule has 134 valence electrons. The topological polar surface area (TPSA) is 111 Å². The van der Waals surface area contributed by atoms with Gasteiger partial charge >= 0.3 is 0 Å². The van der Waals surface area contributed by atoms with Crippen molar-refractivity contribution in [3.05, 3.63) is 58.1 Å². The fourth-order valence-electron chi connectivity index (χ4n) is 2.08. The van der Waals surface area contributed by atoms with Crippen molar-refractivity contribution in [1.29, 1.82) is 5.26 Å². The zero-order chi connectivity index (χ0) is 19.1. The predicted octanol–water partition coefficient (Wildman–Crippen LogP) is 1.97. The normalized spacial score (nSPS) is 9.88. The van der Waals surface area contributed by atoms with Gasteiger partial charge in [0.05, 0.1) is 17.2 Å². The highest BCUT2D eigenvalue weighted by molar-refractivity contribution is 6.31. The van der Waals surface area contributed by atoms with E-state index in [2.05, 4.69) is 10.6 Å². The van der Waals surface area contributed by atoms with Crippen molar-refractivity contribution >= 4 is 23.4 Å². The van der Waals surface area contributed by atoms with Gasteiger partial charge in [0.1, 0.15) is 11.5 Å². The second-order valence-corrected chi connectivity index (χ2v) is 5.68. The number of amides is 2. The van der Waals surface area contributed by atoms with Gasteiger partial charge in [0.25, 0.3) is 11.8 Å². The van der Waals surface area contributed by atoms with Gasteiger partial charge in [-0.1, -0.05) is 17.7 Å². The lowest BCUT2D eigenvalue weighted by Gasteiger charge is -2.13. The summed E-state index contributed by atoms with van der Waals surface area (Å²) in [6.07, 6.45) is 0. The van der Waals surface area contributed by atoms with E-state index in [0.717, 1.165) is 0 Å². The molecule has 0 fully saturated rings. The van der Waals surface area contributed by atoms with E-state index in [9.17, 15) is 14.7 Å². The van der Waals surface area contributed by atoms with Gasteiger partial charge < -0.3 is 20.5 Å². The molecule has 0 heterocycles. The van der Waals surface area contributed by atoms with E-state index in [1.807, 2.05) is 6.07 Å². The van der Waals surface area contributed by atoms with E-state index in [1.165, 1.54) is 31.3 Å². The van der Waals surface area contributed by atoms with Crippen LogP contribution in [0, 0.1) is 11.3 Å². The Balaban J connectivity index is 2.15. The zero-order valence-corrected chi connectivity index (χ0v) is 14.6. The van der Waals surface area contributed by atoms with Crippen LogP contribution in [0.4, 0.5) is 0 Å². The second-order valence-electron chi connectivity index (χ2n) is 5.24. The lowest BCUT2D eigenvalue weighted by molar-refractivity contribution is -0.122. The third-order valence-electron chi connectivity index (χ3n) is 3.48. The van der Waals surface area contributed by atoms with Crippen molar-refractivity contribution in [3.63, 3.8) is 0 Å². The summed E-state index contributed by atoms with van der Waals surface area (Å²) in [7, 11) is 1.48. The fraction of sp³-hybridized carbons (Fsp3) is 0.167. The number of nitrogens with zero attached hydrogens (tertiary/aromatic N) is 1. The van der Waals surface area contributed by atoms with Gasteiger partial charge in [0.2, 0.25) is 0 Å². The summed E-state index contributed by atoms with van der Waals surface area (Å²) in [5.41, 5.74) is 0.973. The monoisotopic (exact) mass is 373 g/mol. The van der Waals surface area contributed by atoms with Gasteiger partial charge in [0, 0.05) is 24.2 Å². The van der Waals surface area contributed by atoms with Crippen LogP contribution >= 0.6 is 11.6 Å². The molecule has 0 bridgehead atoms. The molecule has 0 saturated carbocycles. The molecule has 0 saturated heterocycles. The summed E-state index contributed by atoms with van der Waals surface area (Å²) < 4.78 is 5.43. The standard InChI is InChI=1S/C18H16ClN3O4/c1-21-17(24)10-26-16-6-11(8-20)2-3-12(16)9-22-18(25)14-7-13(19)4-5-15(14)23/h2-7,23H,9-10H2,1H3,(H,21,24)(H,22,25). The minimum absolute atomic E-state index is 0.0407. The zero-order valence-electron chi connectivity index (χ0n) is 13.9. The van der Waals surface area contributed by atoms with E-state index in [1.54, 1.807) is 12.1 Å². The number of hydrogen-bond donors (Lipinski definition) is 3. The lowest BCUT2D eigenvalue weighted by atomic mass is 10.1. The molecule has 3 N–H and O–H groups in total. The molecule has 0 aliphatic carbocycles. The number of nitriles is 1. The van der Waals surface area contributed by atoms with Crippen molar-refractivity contribution in [1.82, 2.24) is 10.6 Å². The van der Waals surface area contributed by atoms with Gasteiger partial charge in [-0.3, -0.25) is 9.59 Å². The maximum atomic E-state index is 12.3. The molecule has 2 aromatic rings. The van der Waals surface area contributed by atoms with E-state index >= 15 is 0 Å². The molecule has 0 aliphatic heterocycles. The molecule has 2 rings (SSSR count). The van der Waals surface area contributed by atoms with Crippen LogP contribution in [0.1, 0.15) is 21.5 Å². The summed E-state index contributed by atoms with van der Waals surface area (Å²) in [6, 6.07) is 10.8. The number of phenolic OH excluding ortho intramolecular Hbond substituents is 1. The number of benzene rings is 2. The van der Waals surface area contributed by atoms with E-state index in [4.69, 9.17) is 21.6 Å². The molecule has 26 heavy (non-hydrogen) atoms. The number of halogens is 1. The number of carbonyl (C=O) groups is 2. The lowest BCUT2D eigenvalue weighted by Crippen LogP contribution is -2.26. The maximum absolute atomic E-state index is 12.3. The van der Waals surface area contributed by atoms with Crippen LogP contribution in [-0.2, 0) is 11.3 Å². The molecule has 0 aromatic heterocycles. The first kappa shape index (κ1) is 19.1. The van der Waals surface area contributed by atoms with Gasteiger partial charge in [-0.15, -0.1) is 0 Å². The van der Waals surface area contributed by atoms with Gasteiger partial charge in [0.15, 0.2) is 6.61 Å². The summed E-state index contributed by atoms with van der Waals surface area (Å²) in [5, 5.41) is 24.2. The number of rotatable bonds is 6. The number of ether oxygens (including phenoxy) is 1. The highest BCUT2D eigenvalue weighted by atomic mass is 35.5. The predicted molar refractivity (Wildman–Crippen MR) is 95.0 cm³/mol. The average molecular weight is 374 g/mol. The van der Waals surface area contributed by atoms with E-state index < -0.39 is 5.91 Å². The Bertz CT molecular complexity index is 877. The fourth-order valence-corrected chi connectivity index (χ4v) is 2.25. The number of carbonyl (C=O) groups excluding carboxylic acids is 2. The molecule has 0 spiro atoms. The van der Waals surface area contributed by atoms with Crippen LogP contribution in [0.5, 0.6) is 11.5 Å². The Labute approximate surface area is 155 Å². The molecule has 0 aliphatic rings. The number of aromatic hydroxyl groups is 1. The Kier molecular flexibility index (Phi) is 6.42.